The van der Waals surface area contributed by atoms with Crippen LogP contribution in [0.2, 0.25) is 0 Å². The minimum absolute atomic E-state index is 0.00234. The van der Waals surface area contributed by atoms with Gasteiger partial charge in [0.25, 0.3) is 0 Å². The summed E-state index contributed by atoms with van der Waals surface area (Å²) in [4.78, 5) is 12.3. The standard InChI is InChI=1S/C13H22BrNO2/c1-10-11(5-8-17-10)12(16)15-13(9-14)6-3-2-4-7-13/h10-11H,2-9H2,1H3,(H,15,16). The summed E-state index contributed by atoms with van der Waals surface area (Å²) in [6.45, 7) is 2.72. The molecule has 98 valence electrons. The van der Waals surface area contributed by atoms with Crippen LogP contribution in [0, 0.1) is 5.92 Å². The van der Waals surface area contributed by atoms with Crippen LogP contribution in [0.3, 0.4) is 0 Å². The van der Waals surface area contributed by atoms with Crippen LogP contribution < -0.4 is 5.32 Å². The molecule has 1 heterocycles. The van der Waals surface area contributed by atoms with E-state index in [-0.39, 0.29) is 23.5 Å². The van der Waals surface area contributed by atoms with Crippen molar-refractivity contribution in [3.63, 3.8) is 0 Å². The molecule has 2 rings (SSSR count). The molecule has 4 heteroatoms. The van der Waals surface area contributed by atoms with Crippen molar-refractivity contribution < 1.29 is 9.53 Å². The fraction of sp³-hybridized carbons (Fsp3) is 0.923. The first-order chi connectivity index (χ1) is 8.17. The molecule has 1 N–H and O–H groups in total. The molecule has 17 heavy (non-hydrogen) atoms. The minimum atomic E-state index is -0.00234. The molecule has 0 radical (unpaired) electrons. The second-order valence-corrected chi connectivity index (χ2v) is 6.00. The van der Waals surface area contributed by atoms with Gasteiger partial charge in [-0.05, 0) is 26.2 Å². The highest BCUT2D eigenvalue weighted by atomic mass is 79.9. The number of hydrogen-bond donors (Lipinski definition) is 1. The number of nitrogens with one attached hydrogen (secondary N) is 1. The van der Waals surface area contributed by atoms with Crippen molar-refractivity contribution in [3.8, 4) is 0 Å². The van der Waals surface area contributed by atoms with Crippen LogP contribution in [-0.4, -0.2) is 29.5 Å². The maximum Gasteiger partial charge on any atom is 0.226 e. The van der Waals surface area contributed by atoms with Gasteiger partial charge < -0.3 is 10.1 Å². The Morgan fingerprint density at radius 3 is 2.65 bits per heavy atom. The molecule has 0 aromatic carbocycles. The average molecular weight is 304 g/mol. The third-order valence-electron chi connectivity index (χ3n) is 4.17. The lowest BCUT2D eigenvalue weighted by Crippen LogP contribution is -2.53. The first kappa shape index (κ1) is 13.3. The van der Waals surface area contributed by atoms with Crippen molar-refractivity contribution in [1.29, 1.82) is 0 Å². The lowest BCUT2D eigenvalue weighted by atomic mass is 9.82. The first-order valence-corrected chi connectivity index (χ1v) is 7.79. The number of hydrogen-bond acceptors (Lipinski definition) is 2. The lowest BCUT2D eigenvalue weighted by molar-refractivity contribution is -0.128. The highest BCUT2D eigenvalue weighted by molar-refractivity contribution is 9.09. The van der Waals surface area contributed by atoms with Gasteiger partial charge in [-0.15, -0.1) is 0 Å². The van der Waals surface area contributed by atoms with Gasteiger partial charge in [-0.2, -0.15) is 0 Å². The number of ether oxygens (including phenoxy) is 1. The van der Waals surface area contributed by atoms with Crippen molar-refractivity contribution in [2.24, 2.45) is 5.92 Å². The molecule has 0 spiro atoms. The van der Waals surface area contributed by atoms with Crippen LogP contribution in [0.25, 0.3) is 0 Å². The number of alkyl halides is 1. The Morgan fingerprint density at radius 2 is 2.12 bits per heavy atom. The van der Waals surface area contributed by atoms with E-state index in [0.29, 0.717) is 0 Å². The van der Waals surface area contributed by atoms with E-state index in [4.69, 9.17) is 4.74 Å². The smallest absolute Gasteiger partial charge is 0.226 e. The summed E-state index contributed by atoms with van der Waals surface area (Å²) in [5.74, 6) is 0.240. The Bertz CT molecular complexity index is 277. The van der Waals surface area contributed by atoms with Crippen LogP contribution in [-0.2, 0) is 9.53 Å². The summed E-state index contributed by atoms with van der Waals surface area (Å²) in [7, 11) is 0. The molecule has 0 aromatic heterocycles. The Balaban J connectivity index is 1.95. The molecule has 0 bridgehead atoms. The monoisotopic (exact) mass is 303 g/mol. The third kappa shape index (κ3) is 3.02. The van der Waals surface area contributed by atoms with E-state index in [1.165, 1.54) is 19.3 Å². The predicted molar refractivity (Wildman–Crippen MR) is 71.3 cm³/mol. The second-order valence-electron chi connectivity index (χ2n) is 5.43. The summed E-state index contributed by atoms with van der Waals surface area (Å²) >= 11 is 3.57. The first-order valence-electron chi connectivity index (χ1n) is 6.66. The molecule has 1 amide bonds. The molecule has 3 nitrogen and oxygen atoms in total. The van der Waals surface area contributed by atoms with Crippen molar-refractivity contribution in [2.45, 2.75) is 57.1 Å². The van der Waals surface area contributed by atoms with E-state index in [1.807, 2.05) is 6.92 Å². The number of rotatable bonds is 3. The highest BCUT2D eigenvalue weighted by Crippen LogP contribution is 2.31. The topological polar surface area (TPSA) is 38.3 Å². The molecule has 2 aliphatic rings. The van der Waals surface area contributed by atoms with E-state index < -0.39 is 0 Å². The summed E-state index contributed by atoms with van der Waals surface area (Å²) in [5.41, 5.74) is -0.00234. The van der Waals surface area contributed by atoms with Gasteiger partial charge in [-0.1, -0.05) is 35.2 Å². The van der Waals surface area contributed by atoms with Crippen LogP contribution in [0.4, 0.5) is 0 Å². The largest absolute Gasteiger partial charge is 0.378 e. The van der Waals surface area contributed by atoms with Crippen LogP contribution in [0.5, 0.6) is 0 Å². The van der Waals surface area contributed by atoms with Gasteiger partial charge in [0.15, 0.2) is 0 Å². The van der Waals surface area contributed by atoms with E-state index in [9.17, 15) is 4.79 Å². The number of halogens is 1. The maximum absolute atomic E-state index is 12.3. The van der Waals surface area contributed by atoms with Crippen molar-refractivity contribution in [2.75, 3.05) is 11.9 Å². The van der Waals surface area contributed by atoms with Gasteiger partial charge in [-0.25, -0.2) is 0 Å². The molecule has 2 fully saturated rings. The molecular formula is C13H22BrNO2. The quantitative estimate of drug-likeness (QED) is 0.814. The molecule has 1 aliphatic carbocycles. The zero-order valence-corrected chi connectivity index (χ0v) is 12.1. The highest BCUT2D eigenvalue weighted by Gasteiger charge is 2.37. The minimum Gasteiger partial charge on any atom is -0.378 e. The lowest BCUT2D eigenvalue weighted by Gasteiger charge is -2.37. The van der Waals surface area contributed by atoms with Gasteiger partial charge in [0.05, 0.1) is 12.0 Å². The van der Waals surface area contributed by atoms with Crippen LogP contribution >= 0.6 is 15.9 Å². The van der Waals surface area contributed by atoms with Gasteiger partial charge in [-0.3, -0.25) is 4.79 Å². The van der Waals surface area contributed by atoms with Gasteiger partial charge in [0.1, 0.15) is 0 Å². The fourth-order valence-corrected chi connectivity index (χ4v) is 3.65. The Labute approximate surface area is 112 Å². The normalized spacial score (nSPS) is 32.4. The molecule has 1 saturated heterocycles. The van der Waals surface area contributed by atoms with E-state index in [0.717, 1.165) is 31.2 Å². The van der Waals surface area contributed by atoms with Gasteiger partial charge >= 0.3 is 0 Å². The summed E-state index contributed by atoms with van der Waals surface area (Å²) in [6, 6.07) is 0. The number of carbonyl (C=O) groups is 1. The number of amides is 1. The SMILES string of the molecule is CC1OCCC1C(=O)NC1(CBr)CCCCC1. The van der Waals surface area contributed by atoms with Crippen LogP contribution in [0.1, 0.15) is 45.4 Å². The predicted octanol–water partition coefficient (Wildman–Crippen LogP) is 2.63. The van der Waals surface area contributed by atoms with Gasteiger partial charge in [0, 0.05) is 17.5 Å². The van der Waals surface area contributed by atoms with E-state index >= 15 is 0 Å². The third-order valence-corrected chi connectivity index (χ3v) is 5.24. The summed E-state index contributed by atoms with van der Waals surface area (Å²) in [6.07, 6.45) is 6.90. The van der Waals surface area contributed by atoms with Crippen molar-refractivity contribution in [1.82, 2.24) is 5.32 Å². The van der Waals surface area contributed by atoms with Crippen LogP contribution in [0.15, 0.2) is 0 Å². The molecule has 1 aliphatic heterocycles. The average Bonchev–Trinajstić information content (AvgIpc) is 2.77. The van der Waals surface area contributed by atoms with E-state index in [1.54, 1.807) is 0 Å². The Hall–Kier alpha value is -0.0900. The molecule has 2 atom stereocenters. The van der Waals surface area contributed by atoms with Crippen molar-refractivity contribution in [3.05, 3.63) is 0 Å². The molecular weight excluding hydrogens is 282 g/mol. The Morgan fingerprint density at radius 1 is 1.41 bits per heavy atom. The van der Waals surface area contributed by atoms with Gasteiger partial charge in [0.2, 0.25) is 5.91 Å². The zero-order chi connectivity index (χ0) is 12.3. The summed E-state index contributed by atoms with van der Waals surface area (Å²) < 4.78 is 5.47. The fourth-order valence-electron chi connectivity index (χ4n) is 2.95. The molecule has 2 unspecified atom stereocenters. The molecule has 1 saturated carbocycles. The maximum atomic E-state index is 12.3. The van der Waals surface area contributed by atoms with Crippen molar-refractivity contribution >= 4 is 21.8 Å². The molecule has 0 aromatic rings. The second kappa shape index (κ2) is 5.70. The summed E-state index contributed by atoms with van der Waals surface area (Å²) in [5, 5.41) is 4.16. The Kier molecular flexibility index (Phi) is 4.47. The number of carbonyl (C=O) groups excluding carboxylic acids is 1. The zero-order valence-electron chi connectivity index (χ0n) is 10.5. The van der Waals surface area contributed by atoms with E-state index in [2.05, 4.69) is 21.2 Å².